The Kier molecular flexibility index (Phi) is 1.92. The molecule has 3 heteroatoms. The number of furan rings is 1. The predicted octanol–water partition coefficient (Wildman–Crippen LogP) is 2.09. The van der Waals surface area contributed by atoms with E-state index in [9.17, 15) is 0 Å². The van der Waals surface area contributed by atoms with Gasteiger partial charge in [0.15, 0.2) is 0 Å². The van der Waals surface area contributed by atoms with Gasteiger partial charge in [-0.15, -0.1) is 0 Å². The molecule has 1 aliphatic rings. The summed E-state index contributed by atoms with van der Waals surface area (Å²) in [6.07, 6.45) is 2.10. The minimum atomic E-state index is 0.318. The van der Waals surface area contributed by atoms with Gasteiger partial charge in [-0.3, -0.25) is 0 Å². The van der Waals surface area contributed by atoms with Crippen molar-refractivity contribution in [2.24, 2.45) is 0 Å². The van der Waals surface area contributed by atoms with Gasteiger partial charge in [-0.1, -0.05) is 0 Å². The molecule has 2 aromatic rings. The van der Waals surface area contributed by atoms with E-state index in [2.05, 4.69) is 11.4 Å². The molecule has 1 fully saturated rings. The van der Waals surface area contributed by atoms with E-state index < -0.39 is 0 Å². The Morgan fingerprint density at radius 3 is 3.00 bits per heavy atom. The van der Waals surface area contributed by atoms with Crippen LogP contribution >= 0.6 is 0 Å². The smallest absolute Gasteiger partial charge is 0.137 e. The second-order valence-electron chi connectivity index (χ2n) is 3.97. The Hall–Kier alpha value is -1.48. The summed E-state index contributed by atoms with van der Waals surface area (Å²) in [5, 5.41) is 4.34. The van der Waals surface area contributed by atoms with Gasteiger partial charge >= 0.3 is 0 Å². The third-order valence-corrected chi connectivity index (χ3v) is 2.79. The summed E-state index contributed by atoms with van der Waals surface area (Å²) in [5.74, 6) is 0.892. The standard InChI is InChI=1S/C12H13NO2/c1-8-7-14-12-4-9(2-3-11(8)12)15-10-5-13-6-10/h2-4,7,10,13H,5-6H2,1H3. The number of ether oxygens (including phenoxy) is 1. The maximum atomic E-state index is 5.75. The molecule has 1 N–H and O–H groups in total. The number of nitrogens with one attached hydrogen (secondary N) is 1. The van der Waals surface area contributed by atoms with Crippen LogP contribution in [-0.4, -0.2) is 19.2 Å². The topological polar surface area (TPSA) is 34.4 Å². The largest absolute Gasteiger partial charge is 0.488 e. The number of hydrogen-bond acceptors (Lipinski definition) is 3. The summed E-state index contributed by atoms with van der Waals surface area (Å²) in [7, 11) is 0. The zero-order valence-corrected chi connectivity index (χ0v) is 8.62. The molecule has 0 unspecified atom stereocenters. The van der Waals surface area contributed by atoms with Crippen molar-refractivity contribution in [1.29, 1.82) is 0 Å². The minimum absolute atomic E-state index is 0.318. The monoisotopic (exact) mass is 203 g/mol. The minimum Gasteiger partial charge on any atom is -0.488 e. The van der Waals surface area contributed by atoms with E-state index in [-0.39, 0.29) is 0 Å². The van der Waals surface area contributed by atoms with Gasteiger partial charge < -0.3 is 14.5 Å². The highest BCUT2D eigenvalue weighted by Gasteiger charge is 2.18. The summed E-state index contributed by atoms with van der Waals surface area (Å²) >= 11 is 0. The van der Waals surface area contributed by atoms with Gasteiger partial charge in [0, 0.05) is 24.5 Å². The highest BCUT2D eigenvalue weighted by atomic mass is 16.5. The Morgan fingerprint density at radius 1 is 1.40 bits per heavy atom. The normalized spacial score (nSPS) is 16.6. The van der Waals surface area contributed by atoms with Crippen molar-refractivity contribution in [3.05, 3.63) is 30.0 Å². The van der Waals surface area contributed by atoms with Crippen molar-refractivity contribution in [2.45, 2.75) is 13.0 Å². The van der Waals surface area contributed by atoms with E-state index in [0.29, 0.717) is 6.10 Å². The van der Waals surface area contributed by atoms with Gasteiger partial charge in [-0.25, -0.2) is 0 Å². The summed E-state index contributed by atoms with van der Waals surface area (Å²) in [6.45, 7) is 3.92. The fraction of sp³-hybridized carbons (Fsp3) is 0.333. The first-order valence-electron chi connectivity index (χ1n) is 5.18. The molecule has 0 spiro atoms. The fourth-order valence-corrected chi connectivity index (χ4v) is 1.75. The number of hydrogen-bond donors (Lipinski definition) is 1. The molecule has 2 heterocycles. The van der Waals surface area contributed by atoms with Gasteiger partial charge in [-0.2, -0.15) is 0 Å². The van der Waals surface area contributed by atoms with Crippen molar-refractivity contribution in [3.8, 4) is 5.75 Å². The lowest BCUT2D eigenvalue weighted by Gasteiger charge is -2.27. The number of benzene rings is 1. The molecule has 0 aliphatic carbocycles. The molecule has 3 rings (SSSR count). The summed E-state index contributed by atoms with van der Waals surface area (Å²) in [4.78, 5) is 0. The van der Waals surface area contributed by atoms with E-state index >= 15 is 0 Å². The Balaban J connectivity index is 1.91. The van der Waals surface area contributed by atoms with Crippen molar-refractivity contribution < 1.29 is 9.15 Å². The van der Waals surface area contributed by atoms with Gasteiger partial charge in [0.2, 0.25) is 0 Å². The van der Waals surface area contributed by atoms with E-state index in [1.165, 1.54) is 5.56 Å². The maximum Gasteiger partial charge on any atom is 0.137 e. The van der Waals surface area contributed by atoms with Crippen LogP contribution in [0.15, 0.2) is 28.9 Å². The number of fused-ring (bicyclic) bond motifs is 1. The van der Waals surface area contributed by atoms with Gasteiger partial charge in [-0.05, 0) is 24.6 Å². The first kappa shape index (κ1) is 8.80. The average molecular weight is 203 g/mol. The van der Waals surface area contributed by atoms with Crippen LogP contribution in [0.2, 0.25) is 0 Å². The molecule has 1 aromatic carbocycles. The molecule has 15 heavy (non-hydrogen) atoms. The highest BCUT2D eigenvalue weighted by molar-refractivity contribution is 5.82. The van der Waals surface area contributed by atoms with Crippen LogP contribution in [0.25, 0.3) is 11.0 Å². The molecule has 1 saturated heterocycles. The number of aryl methyl sites for hydroxylation is 1. The SMILES string of the molecule is Cc1coc2cc(OC3CNC3)ccc12. The molecule has 1 aromatic heterocycles. The molecule has 0 amide bonds. The van der Waals surface area contributed by atoms with Crippen LogP contribution in [0.3, 0.4) is 0 Å². The van der Waals surface area contributed by atoms with Gasteiger partial charge in [0.05, 0.1) is 6.26 Å². The molecule has 78 valence electrons. The molecule has 0 saturated carbocycles. The van der Waals surface area contributed by atoms with E-state index in [1.807, 2.05) is 19.1 Å². The van der Waals surface area contributed by atoms with Crippen molar-refractivity contribution in [2.75, 3.05) is 13.1 Å². The third-order valence-electron chi connectivity index (χ3n) is 2.79. The Bertz CT molecular complexity index is 485. The molecule has 1 aliphatic heterocycles. The van der Waals surface area contributed by atoms with Crippen molar-refractivity contribution in [3.63, 3.8) is 0 Å². The predicted molar refractivity (Wildman–Crippen MR) is 58.2 cm³/mol. The molecular formula is C12H13NO2. The molecule has 3 nitrogen and oxygen atoms in total. The lowest BCUT2D eigenvalue weighted by atomic mass is 10.2. The summed E-state index contributed by atoms with van der Waals surface area (Å²) < 4.78 is 11.2. The first-order chi connectivity index (χ1) is 7.33. The number of rotatable bonds is 2. The van der Waals surface area contributed by atoms with Crippen LogP contribution in [0.1, 0.15) is 5.56 Å². The Labute approximate surface area is 88.0 Å². The van der Waals surface area contributed by atoms with Crippen LogP contribution in [0, 0.1) is 6.92 Å². The van der Waals surface area contributed by atoms with Crippen LogP contribution in [0.4, 0.5) is 0 Å². The zero-order chi connectivity index (χ0) is 10.3. The second kappa shape index (κ2) is 3.28. The molecule has 0 atom stereocenters. The van der Waals surface area contributed by atoms with Gasteiger partial charge in [0.25, 0.3) is 0 Å². The van der Waals surface area contributed by atoms with E-state index in [0.717, 1.165) is 29.8 Å². The van der Waals surface area contributed by atoms with Gasteiger partial charge in [0.1, 0.15) is 17.4 Å². The second-order valence-corrected chi connectivity index (χ2v) is 3.97. The molecule has 0 radical (unpaired) electrons. The quantitative estimate of drug-likeness (QED) is 0.811. The fourth-order valence-electron chi connectivity index (χ4n) is 1.75. The lowest BCUT2D eigenvalue weighted by Crippen LogP contribution is -2.50. The van der Waals surface area contributed by atoms with E-state index in [4.69, 9.17) is 9.15 Å². The summed E-state index contributed by atoms with van der Waals surface area (Å²) in [6, 6.07) is 6.01. The zero-order valence-electron chi connectivity index (χ0n) is 8.62. The average Bonchev–Trinajstić information content (AvgIpc) is 2.54. The first-order valence-corrected chi connectivity index (χ1v) is 5.18. The summed E-state index contributed by atoms with van der Waals surface area (Å²) in [5.41, 5.74) is 2.07. The highest BCUT2D eigenvalue weighted by Crippen LogP contribution is 2.25. The third kappa shape index (κ3) is 1.49. The Morgan fingerprint density at radius 2 is 2.27 bits per heavy atom. The lowest BCUT2D eigenvalue weighted by molar-refractivity contribution is 0.142. The molecule has 0 bridgehead atoms. The molecular weight excluding hydrogens is 190 g/mol. The van der Waals surface area contributed by atoms with E-state index in [1.54, 1.807) is 6.26 Å². The van der Waals surface area contributed by atoms with Crippen molar-refractivity contribution >= 4 is 11.0 Å². The maximum absolute atomic E-state index is 5.75. The van der Waals surface area contributed by atoms with Crippen LogP contribution < -0.4 is 10.1 Å². The van der Waals surface area contributed by atoms with Crippen LogP contribution in [-0.2, 0) is 0 Å². The van der Waals surface area contributed by atoms with Crippen LogP contribution in [0.5, 0.6) is 5.75 Å². The van der Waals surface area contributed by atoms with Crippen molar-refractivity contribution in [1.82, 2.24) is 5.32 Å².